The molecule has 5 heteroatoms. The van der Waals surface area contributed by atoms with Gasteiger partial charge in [-0.3, -0.25) is 9.59 Å². The van der Waals surface area contributed by atoms with Gasteiger partial charge in [-0.25, -0.2) is 0 Å². The van der Waals surface area contributed by atoms with Gasteiger partial charge in [-0.15, -0.1) is 0 Å². The van der Waals surface area contributed by atoms with Crippen LogP contribution >= 0.6 is 11.6 Å². The van der Waals surface area contributed by atoms with Crippen LogP contribution in [0.2, 0.25) is 5.02 Å². The van der Waals surface area contributed by atoms with E-state index in [2.05, 4.69) is 0 Å². The molecule has 118 valence electrons. The van der Waals surface area contributed by atoms with Crippen LogP contribution in [0, 0.1) is 5.41 Å². The number of carbonyl (C=O) groups excluding carboxylic acids is 1. The lowest BCUT2D eigenvalue weighted by Gasteiger charge is -2.38. The molecule has 2 rings (SSSR count). The minimum Gasteiger partial charge on any atom is -0.480 e. The normalized spacial score (nSPS) is 24.5. The lowest BCUT2D eigenvalue weighted by Crippen LogP contribution is -2.47. The van der Waals surface area contributed by atoms with Gasteiger partial charge in [0.1, 0.15) is 0 Å². The topological polar surface area (TPSA) is 63.6 Å². The van der Waals surface area contributed by atoms with Crippen molar-refractivity contribution in [1.29, 1.82) is 0 Å². The first-order valence-corrected chi connectivity index (χ1v) is 7.61. The molecule has 0 amide bonds. The van der Waals surface area contributed by atoms with Crippen LogP contribution in [0.15, 0.2) is 35.9 Å². The van der Waals surface area contributed by atoms with Crippen LogP contribution in [0.25, 0.3) is 0 Å². The molecule has 0 spiro atoms. The quantitative estimate of drug-likeness (QED) is 0.520. The lowest BCUT2D eigenvalue weighted by atomic mass is 9.64. The number of halogens is 1. The molecular weight excluding hydrogens is 304 g/mol. The SMILES string of the molecule is CCOC(=O)C1(C(=O)O)CC=C(C)CC1c1ccc(Cl)cc1. The first kappa shape index (κ1) is 16.6. The van der Waals surface area contributed by atoms with Gasteiger partial charge in [0.25, 0.3) is 0 Å². The number of carbonyl (C=O) groups is 2. The Balaban J connectivity index is 2.54. The van der Waals surface area contributed by atoms with E-state index in [-0.39, 0.29) is 13.0 Å². The Morgan fingerprint density at radius 3 is 2.55 bits per heavy atom. The maximum atomic E-state index is 12.5. The van der Waals surface area contributed by atoms with Crippen LogP contribution in [0.4, 0.5) is 0 Å². The number of esters is 1. The fourth-order valence-electron chi connectivity index (χ4n) is 2.96. The molecule has 4 nitrogen and oxygen atoms in total. The smallest absolute Gasteiger partial charge is 0.324 e. The Bertz CT molecular complexity index is 606. The van der Waals surface area contributed by atoms with Crippen LogP contribution in [0.1, 0.15) is 38.2 Å². The third kappa shape index (κ3) is 2.88. The molecule has 1 aliphatic rings. The van der Waals surface area contributed by atoms with Gasteiger partial charge >= 0.3 is 11.9 Å². The second kappa shape index (κ2) is 6.53. The number of carboxylic acids is 1. The maximum Gasteiger partial charge on any atom is 0.324 e. The summed E-state index contributed by atoms with van der Waals surface area (Å²) < 4.78 is 5.08. The summed E-state index contributed by atoms with van der Waals surface area (Å²) in [6, 6.07) is 6.98. The number of aliphatic carboxylic acids is 1. The molecule has 0 heterocycles. The molecule has 0 aliphatic heterocycles. The van der Waals surface area contributed by atoms with Gasteiger partial charge in [-0.05, 0) is 44.4 Å². The van der Waals surface area contributed by atoms with E-state index in [1.165, 1.54) is 0 Å². The molecule has 1 aromatic carbocycles. The van der Waals surface area contributed by atoms with E-state index in [0.29, 0.717) is 11.4 Å². The van der Waals surface area contributed by atoms with Gasteiger partial charge in [0.05, 0.1) is 6.61 Å². The average molecular weight is 323 g/mol. The van der Waals surface area contributed by atoms with E-state index in [1.54, 1.807) is 31.2 Å². The van der Waals surface area contributed by atoms with Crippen molar-refractivity contribution in [1.82, 2.24) is 0 Å². The molecule has 2 unspecified atom stereocenters. The fraction of sp³-hybridized carbons (Fsp3) is 0.412. The monoisotopic (exact) mass is 322 g/mol. The Kier molecular flexibility index (Phi) is 4.91. The third-order valence-electron chi connectivity index (χ3n) is 4.19. The van der Waals surface area contributed by atoms with Gasteiger partial charge in [0.2, 0.25) is 0 Å². The number of hydrogen-bond donors (Lipinski definition) is 1. The van der Waals surface area contributed by atoms with E-state index in [4.69, 9.17) is 16.3 Å². The molecule has 2 atom stereocenters. The van der Waals surface area contributed by atoms with Crippen molar-refractivity contribution >= 4 is 23.5 Å². The highest BCUT2D eigenvalue weighted by molar-refractivity contribution is 6.30. The molecule has 1 aromatic rings. The molecule has 0 radical (unpaired) electrons. The standard InChI is InChI=1S/C17H19ClO4/c1-3-22-16(21)17(15(19)20)9-8-11(2)10-14(17)12-4-6-13(18)7-5-12/h4-8,14H,3,9-10H2,1-2H3,(H,19,20). The summed E-state index contributed by atoms with van der Waals surface area (Å²) in [6.07, 6.45) is 2.46. The minimum atomic E-state index is -1.58. The van der Waals surface area contributed by atoms with E-state index >= 15 is 0 Å². The number of rotatable bonds is 4. The molecule has 0 aromatic heterocycles. The summed E-state index contributed by atoms with van der Waals surface area (Å²) in [7, 11) is 0. The van der Waals surface area contributed by atoms with Crippen molar-refractivity contribution in [2.45, 2.75) is 32.6 Å². The first-order chi connectivity index (χ1) is 10.4. The highest BCUT2D eigenvalue weighted by Gasteiger charge is 2.55. The summed E-state index contributed by atoms with van der Waals surface area (Å²) in [6.45, 7) is 3.78. The van der Waals surface area contributed by atoms with Crippen LogP contribution in [0.5, 0.6) is 0 Å². The predicted octanol–water partition coefficient (Wildman–Crippen LogP) is 3.80. The molecule has 0 saturated heterocycles. The molecule has 1 aliphatic carbocycles. The molecule has 0 saturated carbocycles. The van der Waals surface area contributed by atoms with Gasteiger partial charge < -0.3 is 9.84 Å². The van der Waals surface area contributed by atoms with Gasteiger partial charge in [-0.2, -0.15) is 0 Å². The number of hydrogen-bond acceptors (Lipinski definition) is 3. The van der Waals surface area contributed by atoms with Crippen molar-refractivity contribution in [2.24, 2.45) is 5.41 Å². The van der Waals surface area contributed by atoms with Gasteiger partial charge in [-0.1, -0.05) is 35.4 Å². The van der Waals surface area contributed by atoms with Crippen molar-refractivity contribution in [2.75, 3.05) is 6.61 Å². The number of ether oxygens (including phenoxy) is 1. The number of allylic oxidation sites excluding steroid dienone is 2. The molecule has 22 heavy (non-hydrogen) atoms. The van der Waals surface area contributed by atoms with E-state index in [1.807, 2.05) is 13.0 Å². The molecule has 0 fully saturated rings. The lowest BCUT2D eigenvalue weighted by molar-refractivity contribution is -0.171. The fourth-order valence-corrected chi connectivity index (χ4v) is 3.09. The highest BCUT2D eigenvalue weighted by atomic mass is 35.5. The van der Waals surface area contributed by atoms with E-state index in [9.17, 15) is 14.7 Å². The largest absolute Gasteiger partial charge is 0.480 e. The highest BCUT2D eigenvalue weighted by Crippen LogP contribution is 2.48. The van der Waals surface area contributed by atoms with Crippen LogP contribution < -0.4 is 0 Å². The summed E-state index contributed by atoms with van der Waals surface area (Å²) in [5.41, 5.74) is 0.275. The minimum absolute atomic E-state index is 0.139. The summed E-state index contributed by atoms with van der Waals surface area (Å²) in [4.78, 5) is 24.5. The predicted molar refractivity (Wildman–Crippen MR) is 83.9 cm³/mol. The summed E-state index contributed by atoms with van der Waals surface area (Å²) in [5.74, 6) is -2.29. The Morgan fingerprint density at radius 2 is 2.00 bits per heavy atom. The van der Waals surface area contributed by atoms with Crippen LogP contribution in [-0.4, -0.2) is 23.7 Å². The molecular formula is C17H19ClO4. The Hall–Kier alpha value is -1.81. The second-order valence-electron chi connectivity index (χ2n) is 5.56. The number of benzene rings is 1. The zero-order valence-corrected chi connectivity index (χ0v) is 13.4. The van der Waals surface area contributed by atoms with Gasteiger partial charge in [0, 0.05) is 10.9 Å². The van der Waals surface area contributed by atoms with Crippen LogP contribution in [-0.2, 0) is 14.3 Å². The van der Waals surface area contributed by atoms with Crippen molar-refractivity contribution in [3.63, 3.8) is 0 Å². The van der Waals surface area contributed by atoms with Crippen molar-refractivity contribution in [3.05, 3.63) is 46.5 Å². The van der Waals surface area contributed by atoms with Crippen molar-refractivity contribution < 1.29 is 19.4 Å². The van der Waals surface area contributed by atoms with Crippen molar-refractivity contribution in [3.8, 4) is 0 Å². The zero-order chi connectivity index (χ0) is 16.3. The van der Waals surface area contributed by atoms with Crippen LogP contribution in [0.3, 0.4) is 0 Å². The average Bonchev–Trinajstić information content (AvgIpc) is 2.48. The third-order valence-corrected chi connectivity index (χ3v) is 4.44. The van der Waals surface area contributed by atoms with E-state index < -0.39 is 23.3 Å². The zero-order valence-electron chi connectivity index (χ0n) is 12.6. The maximum absolute atomic E-state index is 12.5. The summed E-state index contributed by atoms with van der Waals surface area (Å²) in [5, 5.41) is 10.4. The summed E-state index contributed by atoms with van der Waals surface area (Å²) >= 11 is 5.91. The first-order valence-electron chi connectivity index (χ1n) is 7.23. The Labute approximate surface area is 134 Å². The Morgan fingerprint density at radius 1 is 1.36 bits per heavy atom. The van der Waals surface area contributed by atoms with Gasteiger partial charge in [0.15, 0.2) is 5.41 Å². The number of carboxylic acid groups (broad SMARTS) is 1. The van der Waals surface area contributed by atoms with E-state index in [0.717, 1.165) is 11.1 Å². The molecule has 0 bridgehead atoms. The second-order valence-corrected chi connectivity index (χ2v) is 6.00. The molecule has 1 N–H and O–H groups in total.